The molecule has 1 aliphatic carbocycles. The molecule has 1 saturated carbocycles. The van der Waals surface area contributed by atoms with Gasteiger partial charge in [-0.3, -0.25) is 9.59 Å². The molecular weight excluding hydrogens is 204 g/mol. The molecule has 0 saturated heterocycles. The minimum absolute atomic E-state index is 0.00673. The van der Waals surface area contributed by atoms with Crippen LogP contribution in [0.2, 0.25) is 0 Å². The molecule has 0 bridgehead atoms. The third-order valence-electron chi connectivity index (χ3n) is 3.41. The first-order valence-electron chi connectivity index (χ1n) is 5.66. The first kappa shape index (κ1) is 10.9. The van der Waals surface area contributed by atoms with Crippen LogP contribution in [0, 0.1) is 0 Å². The van der Waals surface area contributed by atoms with Crippen molar-refractivity contribution in [3.63, 3.8) is 0 Å². The van der Waals surface area contributed by atoms with E-state index in [1.165, 1.54) is 18.7 Å². The van der Waals surface area contributed by atoms with E-state index < -0.39 is 0 Å². The van der Waals surface area contributed by atoms with Gasteiger partial charge in [-0.2, -0.15) is 0 Å². The fraction of sp³-hybridized carbons (Fsp3) is 0.500. The number of rotatable bonds is 3. The first-order chi connectivity index (χ1) is 7.65. The Hall–Kier alpha value is -1.58. The molecule has 1 fully saturated rings. The zero-order valence-electron chi connectivity index (χ0n) is 9.38. The maximum atomic E-state index is 11.9. The molecule has 1 aromatic heterocycles. The van der Waals surface area contributed by atoms with Crippen LogP contribution in [-0.2, 0) is 0 Å². The lowest BCUT2D eigenvalue weighted by atomic mass is 9.74. The number of amides is 1. The first-order valence-corrected chi connectivity index (χ1v) is 5.66. The van der Waals surface area contributed by atoms with Crippen molar-refractivity contribution in [3.8, 4) is 0 Å². The Kier molecular flexibility index (Phi) is 2.81. The molecule has 1 amide bonds. The van der Waals surface area contributed by atoms with Crippen LogP contribution in [0.5, 0.6) is 0 Å². The monoisotopic (exact) mass is 220 g/mol. The van der Waals surface area contributed by atoms with Gasteiger partial charge in [0.15, 0.2) is 0 Å². The fourth-order valence-electron chi connectivity index (χ4n) is 2.04. The number of hydrogen-bond acceptors (Lipinski definition) is 2. The molecule has 2 N–H and O–H groups in total. The number of hydrogen-bond donors (Lipinski definition) is 2. The lowest BCUT2D eigenvalue weighted by Crippen LogP contribution is -2.53. The third-order valence-corrected chi connectivity index (χ3v) is 3.41. The third kappa shape index (κ3) is 2.01. The summed E-state index contributed by atoms with van der Waals surface area (Å²) < 4.78 is 0. The van der Waals surface area contributed by atoms with Crippen molar-refractivity contribution in [1.82, 2.24) is 10.3 Å². The van der Waals surface area contributed by atoms with Crippen LogP contribution in [-0.4, -0.2) is 16.4 Å². The summed E-state index contributed by atoms with van der Waals surface area (Å²) in [5.41, 5.74) is 0.317. The van der Waals surface area contributed by atoms with E-state index in [1.54, 1.807) is 6.07 Å². The van der Waals surface area contributed by atoms with E-state index in [0.29, 0.717) is 5.56 Å². The van der Waals surface area contributed by atoms with Crippen molar-refractivity contribution in [3.05, 3.63) is 34.2 Å². The summed E-state index contributed by atoms with van der Waals surface area (Å²) in [7, 11) is 0. The summed E-state index contributed by atoms with van der Waals surface area (Å²) in [6.07, 6.45) is 5.71. The van der Waals surface area contributed by atoms with Crippen LogP contribution in [0.1, 0.15) is 43.0 Å². The summed E-state index contributed by atoms with van der Waals surface area (Å²) in [5.74, 6) is -0.0993. The lowest BCUT2D eigenvalue weighted by molar-refractivity contribution is 0.0820. The number of aromatic nitrogens is 1. The highest BCUT2D eigenvalue weighted by atomic mass is 16.2. The molecule has 0 radical (unpaired) electrons. The molecule has 4 nitrogen and oxygen atoms in total. The summed E-state index contributed by atoms with van der Waals surface area (Å²) in [4.78, 5) is 25.3. The highest BCUT2D eigenvalue weighted by molar-refractivity contribution is 5.94. The van der Waals surface area contributed by atoms with Crippen molar-refractivity contribution >= 4 is 5.91 Å². The highest BCUT2D eigenvalue weighted by Crippen LogP contribution is 2.34. The van der Waals surface area contributed by atoms with Crippen molar-refractivity contribution in [2.75, 3.05) is 0 Å². The highest BCUT2D eigenvalue weighted by Gasteiger charge is 2.36. The van der Waals surface area contributed by atoms with Gasteiger partial charge < -0.3 is 10.3 Å². The number of pyridine rings is 1. The van der Waals surface area contributed by atoms with Gasteiger partial charge in [0.1, 0.15) is 0 Å². The van der Waals surface area contributed by atoms with E-state index in [-0.39, 0.29) is 17.0 Å². The van der Waals surface area contributed by atoms with Gasteiger partial charge in [-0.15, -0.1) is 0 Å². The second-order valence-corrected chi connectivity index (χ2v) is 4.38. The standard InChI is InChI=1S/C12H16N2O2/c1-2-12(6-3-7-12)14-11(16)9-4-5-10(15)13-8-9/h4-5,8H,2-3,6-7H2,1H3,(H,13,15)(H,14,16). The Bertz CT molecular complexity index is 421. The smallest absolute Gasteiger partial charge is 0.253 e. The van der Waals surface area contributed by atoms with Gasteiger partial charge >= 0.3 is 0 Å². The van der Waals surface area contributed by atoms with E-state index in [1.807, 2.05) is 0 Å². The molecule has 4 heteroatoms. The minimum Gasteiger partial charge on any atom is -0.347 e. The molecule has 0 atom stereocenters. The van der Waals surface area contributed by atoms with Gasteiger partial charge in [0.25, 0.3) is 5.91 Å². The molecule has 0 aromatic carbocycles. The Morgan fingerprint density at radius 3 is 2.69 bits per heavy atom. The number of carbonyl (C=O) groups excluding carboxylic acids is 1. The predicted octanol–water partition coefficient (Wildman–Crippen LogP) is 1.44. The van der Waals surface area contributed by atoms with Gasteiger partial charge in [-0.1, -0.05) is 6.92 Å². The molecular formula is C12H16N2O2. The van der Waals surface area contributed by atoms with E-state index in [0.717, 1.165) is 19.3 Å². The van der Waals surface area contributed by atoms with E-state index >= 15 is 0 Å². The predicted molar refractivity (Wildman–Crippen MR) is 61.4 cm³/mol. The zero-order chi connectivity index (χ0) is 11.6. The van der Waals surface area contributed by atoms with Crippen molar-refractivity contribution in [1.29, 1.82) is 0 Å². The summed E-state index contributed by atoms with van der Waals surface area (Å²) >= 11 is 0. The van der Waals surface area contributed by atoms with Crippen molar-refractivity contribution in [2.45, 2.75) is 38.1 Å². The Morgan fingerprint density at radius 2 is 2.25 bits per heavy atom. The minimum atomic E-state index is -0.189. The molecule has 1 aliphatic rings. The van der Waals surface area contributed by atoms with E-state index in [2.05, 4.69) is 17.2 Å². The second-order valence-electron chi connectivity index (χ2n) is 4.38. The number of H-pyrrole nitrogens is 1. The van der Waals surface area contributed by atoms with Crippen molar-refractivity contribution < 1.29 is 4.79 Å². The van der Waals surface area contributed by atoms with Gasteiger partial charge in [0, 0.05) is 17.8 Å². The maximum absolute atomic E-state index is 11.9. The topological polar surface area (TPSA) is 62.0 Å². The van der Waals surface area contributed by atoms with Crippen LogP contribution in [0.15, 0.2) is 23.1 Å². The normalized spacial score (nSPS) is 17.6. The molecule has 1 heterocycles. The average Bonchev–Trinajstić information content (AvgIpc) is 2.24. The SMILES string of the molecule is CCC1(NC(=O)c2ccc(=O)[nH]c2)CCC1. The molecule has 0 spiro atoms. The molecule has 1 aromatic rings. The largest absolute Gasteiger partial charge is 0.347 e. The maximum Gasteiger partial charge on any atom is 0.253 e. The summed E-state index contributed by atoms with van der Waals surface area (Å²) in [5, 5.41) is 3.05. The number of aromatic amines is 1. The zero-order valence-corrected chi connectivity index (χ0v) is 9.38. The number of nitrogens with one attached hydrogen (secondary N) is 2. The molecule has 2 rings (SSSR count). The average molecular weight is 220 g/mol. The quantitative estimate of drug-likeness (QED) is 0.809. The molecule has 0 unspecified atom stereocenters. The van der Waals surface area contributed by atoms with Gasteiger partial charge in [0.2, 0.25) is 5.56 Å². The van der Waals surface area contributed by atoms with Crippen LogP contribution < -0.4 is 10.9 Å². The summed E-state index contributed by atoms with van der Waals surface area (Å²) in [6.45, 7) is 2.09. The van der Waals surface area contributed by atoms with Crippen LogP contribution in [0.4, 0.5) is 0 Å². The molecule has 86 valence electrons. The van der Waals surface area contributed by atoms with Crippen LogP contribution >= 0.6 is 0 Å². The van der Waals surface area contributed by atoms with Gasteiger partial charge in [-0.05, 0) is 31.7 Å². The van der Waals surface area contributed by atoms with Crippen molar-refractivity contribution in [2.24, 2.45) is 0 Å². The molecule has 16 heavy (non-hydrogen) atoms. The van der Waals surface area contributed by atoms with Crippen LogP contribution in [0.3, 0.4) is 0 Å². The second kappa shape index (κ2) is 4.12. The van der Waals surface area contributed by atoms with Crippen LogP contribution in [0.25, 0.3) is 0 Å². The Morgan fingerprint density at radius 1 is 1.50 bits per heavy atom. The Labute approximate surface area is 94.1 Å². The van der Waals surface area contributed by atoms with Gasteiger partial charge in [0.05, 0.1) is 5.56 Å². The fourth-order valence-corrected chi connectivity index (χ4v) is 2.04. The number of carbonyl (C=O) groups is 1. The summed E-state index contributed by atoms with van der Waals surface area (Å²) in [6, 6.07) is 2.92. The van der Waals surface area contributed by atoms with E-state index in [9.17, 15) is 9.59 Å². The molecule has 0 aliphatic heterocycles. The Balaban J connectivity index is 2.08. The van der Waals surface area contributed by atoms with Gasteiger partial charge in [-0.25, -0.2) is 0 Å². The lowest BCUT2D eigenvalue weighted by Gasteiger charge is -2.42. The van der Waals surface area contributed by atoms with E-state index in [4.69, 9.17) is 0 Å².